The van der Waals surface area contributed by atoms with Crippen LogP contribution in [0.25, 0.3) is 0 Å². The van der Waals surface area contributed by atoms with Crippen molar-refractivity contribution < 1.29 is 14.6 Å². The highest BCUT2D eigenvalue weighted by atomic mass is 16.5. The molecule has 0 aliphatic carbocycles. The number of rotatable bonds is 7. The molecule has 8 nitrogen and oxygen atoms in total. The minimum Gasteiger partial charge on any atom is -0.506 e. The molecule has 2 aromatic rings. The van der Waals surface area contributed by atoms with Gasteiger partial charge < -0.3 is 30.3 Å². The van der Waals surface area contributed by atoms with Gasteiger partial charge in [-0.05, 0) is 50.5 Å². The number of piperidine rings is 1. The summed E-state index contributed by atoms with van der Waals surface area (Å²) in [6.45, 7) is 5.85. The molecule has 2 aliphatic rings. The summed E-state index contributed by atoms with van der Waals surface area (Å²) in [5.41, 5.74) is 1.12. The molecule has 2 heterocycles. The van der Waals surface area contributed by atoms with Gasteiger partial charge in [-0.25, -0.2) is 0 Å². The fourth-order valence-corrected chi connectivity index (χ4v) is 4.54. The predicted molar refractivity (Wildman–Crippen MR) is 131 cm³/mol. The Kier molecular flexibility index (Phi) is 7.34. The minimum absolute atomic E-state index is 0.0925. The molecule has 2 fully saturated rings. The van der Waals surface area contributed by atoms with E-state index < -0.39 is 5.54 Å². The lowest BCUT2D eigenvalue weighted by Crippen LogP contribution is -2.58. The first kappa shape index (κ1) is 22.9. The number of carbonyl (C=O) groups is 1. The summed E-state index contributed by atoms with van der Waals surface area (Å²) in [5, 5.41) is 16.6. The Morgan fingerprint density at radius 2 is 1.88 bits per heavy atom. The zero-order valence-corrected chi connectivity index (χ0v) is 19.2. The summed E-state index contributed by atoms with van der Waals surface area (Å²) in [4.78, 5) is 22.1. The number of nitrogens with one attached hydrogen (secondary N) is 2. The van der Waals surface area contributed by atoms with Gasteiger partial charge in [-0.1, -0.05) is 30.3 Å². The maximum atomic E-state index is 13.0. The van der Waals surface area contributed by atoms with Crippen LogP contribution in [-0.2, 0) is 9.53 Å². The van der Waals surface area contributed by atoms with Crippen molar-refractivity contribution in [1.82, 2.24) is 10.2 Å². The number of aromatic hydroxyl groups is 1. The van der Waals surface area contributed by atoms with Crippen LogP contribution in [-0.4, -0.2) is 66.9 Å². The molecule has 1 spiro atoms. The number of anilines is 2. The number of aliphatic imine (C=N–C) groups is 1. The third-order valence-electron chi connectivity index (χ3n) is 6.36. The zero-order valence-electron chi connectivity index (χ0n) is 19.2. The topological polar surface area (TPSA) is 89.4 Å². The molecule has 2 aromatic carbocycles. The fraction of sp³-hybridized carbons (Fsp3) is 0.440. The van der Waals surface area contributed by atoms with E-state index in [1.54, 1.807) is 12.1 Å². The number of likely N-dealkylation sites (tertiary alicyclic amines) is 1. The molecule has 0 aromatic heterocycles. The van der Waals surface area contributed by atoms with Crippen molar-refractivity contribution in [3.05, 3.63) is 54.6 Å². The van der Waals surface area contributed by atoms with E-state index in [0.717, 1.165) is 12.1 Å². The highest BCUT2D eigenvalue weighted by molar-refractivity contribution is 5.96. The Balaban J connectivity index is 1.49. The second-order valence-electron chi connectivity index (χ2n) is 8.34. The van der Waals surface area contributed by atoms with Gasteiger partial charge in [0.05, 0.1) is 12.4 Å². The van der Waals surface area contributed by atoms with Crippen LogP contribution in [0.5, 0.6) is 5.75 Å². The monoisotopic (exact) mass is 451 g/mol. The van der Waals surface area contributed by atoms with Gasteiger partial charge in [0.2, 0.25) is 5.91 Å². The second-order valence-corrected chi connectivity index (χ2v) is 8.34. The Morgan fingerprint density at radius 3 is 2.61 bits per heavy atom. The van der Waals surface area contributed by atoms with Crippen LogP contribution in [0.1, 0.15) is 26.2 Å². The lowest BCUT2D eigenvalue weighted by Gasteiger charge is -2.44. The number of amides is 1. The first-order chi connectivity index (χ1) is 16.1. The molecule has 4 rings (SSSR count). The second kappa shape index (κ2) is 10.6. The van der Waals surface area contributed by atoms with Crippen LogP contribution in [0, 0.1) is 0 Å². The SMILES string of the molecule is CCOCCCN=C(Nc1ccccc1O)N1CCC2(CC1)C(=O)NCN2c1ccccc1. The zero-order chi connectivity index (χ0) is 23.1. The standard InChI is InChI=1S/C25H33N5O3/c1-2-33-18-8-15-26-24(28-21-11-6-7-12-22(21)31)29-16-13-25(14-17-29)23(32)27-19-30(25)20-9-4-3-5-10-20/h3-7,9-12,31H,2,8,13-19H2,1H3,(H,26,28)(H,27,32). The van der Waals surface area contributed by atoms with Crippen molar-refractivity contribution in [2.45, 2.75) is 31.7 Å². The van der Waals surface area contributed by atoms with Gasteiger partial charge in [0, 0.05) is 38.5 Å². The smallest absolute Gasteiger partial charge is 0.247 e. The Bertz CT molecular complexity index is 958. The van der Waals surface area contributed by atoms with Gasteiger partial charge in [-0.2, -0.15) is 0 Å². The summed E-state index contributed by atoms with van der Waals surface area (Å²) in [5.74, 6) is 0.987. The van der Waals surface area contributed by atoms with Crippen LogP contribution in [0.2, 0.25) is 0 Å². The van der Waals surface area contributed by atoms with Crippen molar-refractivity contribution in [3.63, 3.8) is 0 Å². The molecule has 176 valence electrons. The van der Waals surface area contributed by atoms with Gasteiger partial charge >= 0.3 is 0 Å². The number of phenols is 1. The number of ether oxygens (including phenoxy) is 1. The molecule has 8 heteroatoms. The van der Waals surface area contributed by atoms with E-state index in [9.17, 15) is 9.90 Å². The minimum atomic E-state index is -0.549. The van der Waals surface area contributed by atoms with Gasteiger partial charge in [0.15, 0.2) is 5.96 Å². The first-order valence-corrected chi connectivity index (χ1v) is 11.7. The molecular weight excluding hydrogens is 418 g/mol. The molecule has 0 saturated carbocycles. The molecular formula is C25H33N5O3. The summed E-state index contributed by atoms with van der Waals surface area (Å²) >= 11 is 0. The van der Waals surface area contributed by atoms with Gasteiger partial charge in [-0.3, -0.25) is 9.79 Å². The number of guanidine groups is 1. The van der Waals surface area contributed by atoms with Crippen molar-refractivity contribution in [2.75, 3.05) is 49.7 Å². The normalized spacial score (nSPS) is 18.0. The van der Waals surface area contributed by atoms with Crippen molar-refractivity contribution in [1.29, 1.82) is 0 Å². The van der Waals surface area contributed by atoms with E-state index in [1.807, 2.05) is 37.3 Å². The van der Waals surface area contributed by atoms with Crippen molar-refractivity contribution >= 4 is 23.2 Å². The van der Waals surface area contributed by atoms with E-state index in [4.69, 9.17) is 9.73 Å². The van der Waals surface area contributed by atoms with Gasteiger partial charge in [0.25, 0.3) is 0 Å². The molecule has 0 bridgehead atoms. The Hall–Kier alpha value is -3.26. The largest absolute Gasteiger partial charge is 0.506 e. The molecule has 0 radical (unpaired) electrons. The van der Waals surface area contributed by atoms with Crippen LogP contribution in [0.15, 0.2) is 59.6 Å². The number of hydrogen-bond acceptors (Lipinski definition) is 5. The molecule has 1 amide bonds. The predicted octanol–water partition coefficient (Wildman–Crippen LogP) is 3.02. The van der Waals surface area contributed by atoms with E-state index in [2.05, 4.69) is 32.6 Å². The highest BCUT2D eigenvalue weighted by Crippen LogP contribution is 2.36. The average Bonchev–Trinajstić information content (AvgIpc) is 3.16. The molecule has 0 unspecified atom stereocenters. The van der Waals surface area contributed by atoms with Gasteiger partial charge in [-0.15, -0.1) is 0 Å². The Labute approximate surface area is 195 Å². The van der Waals surface area contributed by atoms with E-state index in [-0.39, 0.29) is 11.7 Å². The maximum absolute atomic E-state index is 13.0. The first-order valence-electron chi connectivity index (χ1n) is 11.7. The van der Waals surface area contributed by atoms with Crippen molar-refractivity contribution in [3.8, 4) is 5.75 Å². The van der Waals surface area contributed by atoms with E-state index >= 15 is 0 Å². The lowest BCUT2D eigenvalue weighted by molar-refractivity contribution is -0.124. The summed E-state index contributed by atoms with van der Waals surface area (Å²) in [6.07, 6.45) is 2.20. The van der Waals surface area contributed by atoms with E-state index in [1.165, 1.54) is 0 Å². The average molecular weight is 452 g/mol. The van der Waals surface area contributed by atoms with Crippen LogP contribution >= 0.6 is 0 Å². The maximum Gasteiger partial charge on any atom is 0.247 e. The number of para-hydroxylation sites is 3. The molecule has 0 atom stereocenters. The molecule has 33 heavy (non-hydrogen) atoms. The molecule has 2 aliphatic heterocycles. The highest BCUT2D eigenvalue weighted by Gasteiger charge is 2.50. The lowest BCUT2D eigenvalue weighted by atomic mass is 9.85. The number of carbonyl (C=O) groups excluding carboxylic acids is 1. The summed E-state index contributed by atoms with van der Waals surface area (Å²) in [7, 11) is 0. The number of benzene rings is 2. The van der Waals surface area contributed by atoms with Crippen LogP contribution < -0.4 is 15.5 Å². The quantitative estimate of drug-likeness (QED) is 0.260. The van der Waals surface area contributed by atoms with E-state index in [0.29, 0.717) is 64.0 Å². The summed E-state index contributed by atoms with van der Waals surface area (Å²) < 4.78 is 5.43. The summed E-state index contributed by atoms with van der Waals surface area (Å²) in [6, 6.07) is 17.3. The fourth-order valence-electron chi connectivity index (χ4n) is 4.54. The number of hydrogen-bond donors (Lipinski definition) is 3. The molecule has 3 N–H and O–H groups in total. The van der Waals surface area contributed by atoms with Crippen LogP contribution in [0.4, 0.5) is 11.4 Å². The Morgan fingerprint density at radius 1 is 1.15 bits per heavy atom. The van der Waals surface area contributed by atoms with Crippen molar-refractivity contribution in [2.24, 2.45) is 4.99 Å². The number of phenolic OH excluding ortho intramolecular Hbond substituents is 1. The number of nitrogens with zero attached hydrogens (tertiary/aromatic N) is 3. The molecule has 2 saturated heterocycles. The van der Waals surface area contributed by atoms with Gasteiger partial charge in [0.1, 0.15) is 11.3 Å². The third kappa shape index (κ3) is 5.06. The third-order valence-corrected chi connectivity index (χ3v) is 6.36. The van der Waals surface area contributed by atoms with Crippen LogP contribution in [0.3, 0.4) is 0 Å².